The first-order valence-electron chi connectivity index (χ1n) is 7.51. The molecule has 1 aromatic heterocycles. The summed E-state index contributed by atoms with van der Waals surface area (Å²) >= 11 is 0. The Morgan fingerprint density at radius 1 is 1.27 bits per heavy atom. The normalized spacial score (nSPS) is 11.8. The van der Waals surface area contributed by atoms with Crippen molar-refractivity contribution in [3.63, 3.8) is 0 Å². The number of para-hydroxylation sites is 2. The molecule has 0 saturated carbocycles. The zero-order valence-corrected chi connectivity index (χ0v) is 13.6. The number of benzene rings is 1. The summed E-state index contributed by atoms with van der Waals surface area (Å²) in [6.07, 6.45) is 2.99. The van der Waals surface area contributed by atoms with E-state index in [1.165, 1.54) is 5.56 Å². The maximum atomic E-state index is 12.5. The number of pyridine rings is 1. The van der Waals surface area contributed by atoms with Crippen molar-refractivity contribution in [1.29, 1.82) is 0 Å². The van der Waals surface area contributed by atoms with Crippen LogP contribution in [0.15, 0.2) is 42.6 Å². The van der Waals surface area contributed by atoms with E-state index in [1.807, 2.05) is 54.9 Å². The molecule has 0 unspecified atom stereocenters. The van der Waals surface area contributed by atoms with Gasteiger partial charge in [0.25, 0.3) is 5.91 Å². The number of rotatable bonds is 5. The van der Waals surface area contributed by atoms with Gasteiger partial charge >= 0.3 is 0 Å². The molecule has 0 aliphatic rings. The molecule has 22 heavy (non-hydrogen) atoms. The molecule has 1 N–H and O–H groups in total. The van der Waals surface area contributed by atoms with Crippen molar-refractivity contribution in [3.05, 3.63) is 53.9 Å². The number of carbonyl (C=O) groups is 1. The van der Waals surface area contributed by atoms with Gasteiger partial charge in [-0.3, -0.25) is 4.79 Å². The molecule has 0 radical (unpaired) electrons. The summed E-state index contributed by atoms with van der Waals surface area (Å²) in [5.74, 6) is 0.595. The highest BCUT2D eigenvalue weighted by Crippen LogP contribution is 2.23. The number of nitrogens with one attached hydrogen (secondary N) is 1. The molecule has 1 atom stereocenters. The predicted molar refractivity (Wildman–Crippen MR) is 87.1 cm³/mol. The predicted octanol–water partition coefficient (Wildman–Crippen LogP) is 3.05. The molecular weight excluding hydrogens is 276 g/mol. The maximum absolute atomic E-state index is 12.5. The minimum atomic E-state index is -0.295. The lowest BCUT2D eigenvalue weighted by Gasteiger charge is -2.13. The number of anilines is 1. The number of hydrogen-bond donors (Lipinski definition) is 1. The van der Waals surface area contributed by atoms with Gasteiger partial charge in [-0.25, -0.2) is 0 Å². The van der Waals surface area contributed by atoms with Gasteiger partial charge in [0.15, 0.2) is 11.9 Å². The number of aromatic nitrogens is 1. The van der Waals surface area contributed by atoms with Crippen LogP contribution in [0.5, 0.6) is 5.75 Å². The lowest BCUT2D eigenvalue weighted by atomic mass is 10.1. The summed E-state index contributed by atoms with van der Waals surface area (Å²) in [6.45, 7) is 6.01. The van der Waals surface area contributed by atoms with Gasteiger partial charge in [0.2, 0.25) is 6.04 Å². The highest BCUT2D eigenvalue weighted by Gasteiger charge is 2.25. The number of hydrogen-bond acceptors (Lipinski definition) is 2. The molecule has 1 amide bonds. The molecule has 0 saturated heterocycles. The summed E-state index contributed by atoms with van der Waals surface area (Å²) in [4.78, 5) is 12.5. The zero-order valence-electron chi connectivity index (χ0n) is 13.6. The highest BCUT2D eigenvalue weighted by molar-refractivity contribution is 5.93. The van der Waals surface area contributed by atoms with Crippen LogP contribution in [0.4, 0.5) is 5.69 Å². The third-order valence-electron chi connectivity index (χ3n) is 3.82. The van der Waals surface area contributed by atoms with Crippen LogP contribution >= 0.6 is 0 Å². The lowest BCUT2D eigenvalue weighted by molar-refractivity contribution is -0.711. The molecule has 2 aromatic rings. The molecule has 0 bridgehead atoms. The topological polar surface area (TPSA) is 42.2 Å². The molecule has 1 heterocycles. The molecule has 4 heteroatoms. The molecule has 116 valence electrons. The van der Waals surface area contributed by atoms with E-state index in [4.69, 9.17) is 4.74 Å². The Bertz CT molecular complexity index is 668. The Labute approximate surface area is 131 Å². The summed E-state index contributed by atoms with van der Waals surface area (Å²) in [7, 11) is 1.60. The summed E-state index contributed by atoms with van der Waals surface area (Å²) in [5.41, 5.74) is 2.95. The summed E-state index contributed by atoms with van der Waals surface area (Å²) < 4.78 is 7.27. The van der Waals surface area contributed by atoms with Gasteiger partial charge < -0.3 is 10.1 Å². The fourth-order valence-electron chi connectivity index (χ4n) is 2.38. The molecule has 0 aliphatic heterocycles. The zero-order chi connectivity index (χ0) is 16.1. The standard InChI is InChI=1S/C18H22N2O2/c1-5-15-11-10-13(2)20(12-15)14(3)18(21)19-16-8-6-7-9-17(16)22-4/h6-12,14H,5H2,1-4H3/p+1/t14-/m0/s1. The molecule has 0 fully saturated rings. The first-order chi connectivity index (χ1) is 10.6. The van der Waals surface area contributed by atoms with Gasteiger partial charge in [-0.05, 0) is 24.6 Å². The van der Waals surface area contributed by atoms with E-state index in [0.29, 0.717) is 11.4 Å². The number of carbonyl (C=O) groups excluding carboxylic acids is 1. The SMILES string of the molecule is CCc1ccc(C)[n+]([C@@H](C)C(=O)Nc2ccccc2OC)c1. The van der Waals surface area contributed by atoms with E-state index in [9.17, 15) is 4.79 Å². The van der Waals surface area contributed by atoms with Gasteiger partial charge in [-0.2, -0.15) is 4.57 Å². The van der Waals surface area contributed by atoms with Crippen LogP contribution in [0.2, 0.25) is 0 Å². The number of nitrogens with zero attached hydrogens (tertiary/aromatic N) is 1. The lowest BCUT2D eigenvalue weighted by Crippen LogP contribution is -2.47. The molecule has 4 nitrogen and oxygen atoms in total. The minimum absolute atomic E-state index is 0.0640. The Hall–Kier alpha value is -2.36. The summed E-state index contributed by atoms with van der Waals surface area (Å²) in [5, 5.41) is 2.94. The van der Waals surface area contributed by atoms with Crippen LogP contribution < -0.4 is 14.6 Å². The molecule has 2 rings (SSSR count). The van der Waals surface area contributed by atoms with Crippen LogP contribution in [-0.4, -0.2) is 13.0 Å². The second-order valence-corrected chi connectivity index (χ2v) is 5.31. The van der Waals surface area contributed by atoms with Crippen molar-refractivity contribution >= 4 is 11.6 Å². The number of ether oxygens (including phenoxy) is 1. The monoisotopic (exact) mass is 299 g/mol. The first-order valence-corrected chi connectivity index (χ1v) is 7.51. The second-order valence-electron chi connectivity index (χ2n) is 5.31. The third-order valence-corrected chi connectivity index (χ3v) is 3.82. The van der Waals surface area contributed by atoms with Crippen LogP contribution in [-0.2, 0) is 11.2 Å². The fraction of sp³-hybridized carbons (Fsp3) is 0.333. The Kier molecular flexibility index (Phi) is 5.15. The molecule has 1 aromatic carbocycles. The van der Waals surface area contributed by atoms with Crippen molar-refractivity contribution in [2.45, 2.75) is 33.2 Å². The van der Waals surface area contributed by atoms with E-state index in [0.717, 1.165) is 12.1 Å². The van der Waals surface area contributed by atoms with Gasteiger partial charge in [-0.1, -0.05) is 19.1 Å². The van der Waals surface area contributed by atoms with E-state index in [2.05, 4.69) is 18.3 Å². The molecule has 0 spiro atoms. The molecule has 0 aliphatic carbocycles. The van der Waals surface area contributed by atoms with Gasteiger partial charge in [0.1, 0.15) is 5.75 Å². The van der Waals surface area contributed by atoms with E-state index < -0.39 is 0 Å². The van der Waals surface area contributed by atoms with Gasteiger partial charge in [-0.15, -0.1) is 0 Å². The highest BCUT2D eigenvalue weighted by atomic mass is 16.5. The van der Waals surface area contributed by atoms with Crippen LogP contribution in [0.3, 0.4) is 0 Å². The van der Waals surface area contributed by atoms with Crippen molar-refractivity contribution in [3.8, 4) is 5.75 Å². The van der Waals surface area contributed by atoms with Crippen molar-refractivity contribution in [2.75, 3.05) is 12.4 Å². The van der Waals surface area contributed by atoms with E-state index >= 15 is 0 Å². The van der Waals surface area contributed by atoms with Crippen molar-refractivity contribution in [1.82, 2.24) is 0 Å². The maximum Gasteiger partial charge on any atom is 0.293 e. The fourth-order valence-corrected chi connectivity index (χ4v) is 2.38. The van der Waals surface area contributed by atoms with Crippen LogP contribution in [0, 0.1) is 6.92 Å². The average molecular weight is 299 g/mol. The Morgan fingerprint density at radius 2 is 2.00 bits per heavy atom. The second kappa shape index (κ2) is 7.07. The largest absolute Gasteiger partial charge is 0.495 e. The third kappa shape index (κ3) is 3.45. The van der Waals surface area contributed by atoms with Crippen molar-refractivity contribution in [2.24, 2.45) is 0 Å². The Balaban J connectivity index is 2.22. The number of amides is 1. The van der Waals surface area contributed by atoms with Gasteiger partial charge in [0, 0.05) is 25.5 Å². The van der Waals surface area contributed by atoms with E-state index in [1.54, 1.807) is 7.11 Å². The van der Waals surface area contributed by atoms with E-state index in [-0.39, 0.29) is 11.9 Å². The Morgan fingerprint density at radius 3 is 2.68 bits per heavy atom. The van der Waals surface area contributed by atoms with Crippen LogP contribution in [0.1, 0.15) is 31.1 Å². The average Bonchev–Trinajstić information content (AvgIpc) is 2.55. The number of aryl methyl sites for hydroxylation is 2. The first kappa shape index (κ1) is 16.0. The van der Waals surface area contributed by atoms with Crippen molar-refractivity contribution < 1.29 is 14.1 Å². The quantitative estimate of drug-likeness (QED) is 0.862. The van der Waals surface area contributed by atoms with Crippen LogP contribution in [0.25, 0.3) is 0 Å². The summed E-state index contributed by atoms with van der Waals surface area (Å²) in [6, 6.07) is 11.3. The molecular formula is C18H23N2O2+. The van der Waals surface area contributed by atoms with Gasteiger partial charge in [0.05, 0.1) is 12.8 Å². The number of methoxy groups -OCH3 is 1. The smallest absolute Gasteiger partial charge is 0.293 e. The minimum Gasteiger partial charge on any atom is -0.495 e.